The Hall–Kier alpha value is 3.18. The molecule has 5 atom stereocenters. The molecular formula is C6H13K2O9P. The van der Waals surface area contributed by atoms with E-state index in [0.29, 0.717) is 0 Å². The molecule has 1 aliphatic rings. The van der Waals surface area contributed by atoms with Crippen molar-refractivity contribution in [3.8, 4) is 0 Å². The topological polar surface area (TPSA) is 157 Å². The van der Waals surface area contributed by atoms with Crippen LogP contribution in [0.1, 0.15) is 0 Å². The number of hydrogen-bond donors (Lipinski definition) is 6. The maximum Gasteiger partial charge on any atom is 0.472 e. The molecule has 0 unspecified atom stereocenters. The first-order chi connectivity index (χ1) is 7.26. The van der Waals surface area contributed by atoms with Crippen LogP contribution in [0, 0.1) is 0 Å². The van der Waals surface area contributed by atoms with Crippen LogP contribution >= 0.6 is 7.82 Å². The van der Waals surface area contributed by atoms with Crippen LogP contribution in [0.5, 0.6) is 0 Å². The first-order valence-electron chi connectivity index (χ1n) is 4.30. The molecule has 0 aromatic rings. The number of phosphoric ester groups is 1. The number of hydrogen-bond acceptors (Lipinski definition) is 7. The van der Waals surface area contributed by atoms with E-state index in [-0.39, 0.29) is 103 Å². The minimum absolute atomic E-state index is 0. The summed E-state index contributed by atoms with van der Waals surface area (Å²) in [7, 11) is -4.91. The van der Waals surface area contributed by atoms with E-state index >= 15 is 0 Å². The van der Waals surface area contributed by atoms with Crippen molar-refractivity contribution in [1.29, 1.82) is 0 Å². The first kappa shape index (κ1) is 23.4. The van der Waals surface area contributed by atoms with Gasteiger partial charge in [0, 0.05) is 103 Å². The van der Waals surface area contributed by atoms with Gasteiger partial charge in [-0.2, -0.15) is 0 Å². The quantitative estimate of drug-likeness (QED) is 0.224. The van der Waals surface area contributed by atoms with E-state index in [1.165, 1.54) is 0 Å². The second-order valence-electron chi connectivity index (χ2n) is 3.29. The summed E-state index contributed by atoms with van der Waals surface area (Å²) in [6.07, 6.45) is -8.25. The number of phosphoric acid groups is 1. The van der Waals surface area contributed by atoms with Crippen molar-refractivity contribution in [3.63, 3.8) is 0 Å². The Balaban J connectivity index is 0. The molecule has 0 bridgehead atoms. The monoisotopic (exact) mass is 338 g/mol. The second kappa shape index (κ2) is 10.1. The van der Waals surface area contributed by atoms with E-state index in [9.17, 15) is 19.9 Å². The predicted octanol–water partition coefficient (Wildman–Crippen LogP) is -3.87. The van der Waals surface area contributed by atoms with Gasteiger partial charge in [-0.15, -0.1) is 0 Å². The Labute approximate surface area is 188 Å². The average Bonchev–Trinajstić information content (AvgIpc) is 2.17. The summed E-state index contributed by atoms with van der Waals surface area (Å²) in [5.74, 6) is 0. The molecule has 0 amide bonds. The van der Waals surface area contributed by atoms with Gasteiger partial charge >= 0.3 is 7.82 Å². The molecule has 0 aliphatic carbocycles. The Bertz CT molecular complexity index is 284. The van der Waals surface area contributed by atoms with Crippen molar-refractivity contribution in [3.05, 3.63) is 0 Å². The molecule has 1 fully saturated rings. The summed E-state index contributed by atoms with van der Waals surface area (Å²) in [4.78, 5) is 17.0. The summed E-state index contributed by atoms with van der Waals surface area (Å²) < 4.78 is 19.2. The molecule has 0 aromatic carbocycles. The van der Waals surface area contributed by atoms with E-state index in [1.54, 1.807) is 0 Å². The van der Waals surface area contributed by atoms with E-state index in [4.69, 9.17) is 14.9 Å². The van der Waals surface area contributed by atoms with E-state index in [0.717, 1.165) is 0 Å². The maximum atomic E-state index is 10.5. The van der Waals surface area contributed by atoms with Crippen molar-refractivity contribution in [1.82, 2.24) is 0 Å². The van der Waals surface area contributed by atoms with Gasteiger partial charge in [-0.3, -0.25) is 4.52 Å². The molecule has 0 saturated carbocycles. The predicted molar refractivity (Wildman–Crippen MR) is 58.4 cm³/mol. The zero-order valence-corrected chi connectivity index (χ0v) is 17.1. The van der Waals surface area contributed by atoms with Crippen molar-refractivity contribution in [2.45, 2.75) is 30.7 Å². The van der Waals surface area contributed by atoms with Gasteiger partial charge < -0.3 is 34.9 Å². The third-order valence-electron chi connectivity index (χ3n) is 2.09. The molecule has 12 heteroatoms. The molecule has 9 nitrogen and oxygen atoms in total. The van der Waals surface area contributed by atoms with Crippen LogP contribution in [-0.4, -0.2) is 170 Å². The standard InChI is InChI=1S/C6H13O9P.2K/c7-1-2-3(8)4(9)5(10)6(14-2)15-16(11,12)13;;/h2-10H,1H2,(H2,11,12,13);;/t2-,3+,4+,5-,6-;;/m1../s1. The minimum Gasteiger partial charge on any atom is -0.394 e. The second-order valence-corrected chi connectivity index (χ2v) is 4.49. The van der Waals surface area contributed by atoms with Crippen LogP contribution in [0.15, 0.2) is 0 Å². The number of aliphatic hydroxyl groups is 4. The summed E-state index contributed by atoms with van der Waals surface area (Å²) in [6.45, 7) is -0.702. The van der Waals surface area contributed by atoms with Crippen LogP contribution in [-0.2, 0) is 13.8 Å². The van der Waals surface area contributed by atoms with Crippen LogP contribution in [0.25, 0.3) is 0 Å². The van der Waals surface area contributed by atoms with Gasteiger partial charge in [0.15, 0.2) is 6.29 Å². The molecule has 6 N–H and O–H groups in total. The van der Waals surface area contributed by atoms with Gasteiger partial charge in [0.25, 0.3) is 0 Å². The van der Waals surface area contributed by atoms with Gasteiger partial charge in [0.2, 0.25) is 0 Å². The molecule has 1 saturated heterocycles. The van der Waals surface area contributed by atoms with Gasteiger partial charge in [0.1, 0.15) is 24.4 Å². The van der Waals surface area contributed by atoms with Gasteiger partial charge in [-0.05, 0) is 0 Å². The van der Waals surface area contributed by atoms with Crippen LogP contribution < -0.4 is 0 Å². The molecule has 1 rings (SSSR count). The fraction of sp³-hybridized carbons (Fsp3) is 1.00. The molecule has 1 aliphatic heterocycles. The molecule has 2 radical (unpaired) electrons. The number of ether oxygens (including phenoxy) is 1. The zero-order valence-electron chi connectivity index (χ0n) is 9.95. The minimum atomic E-state index is -4.91. The Morgan fingerprint density at radius 1 is 1.06 bits per heavy atom. The molecule has 0 spiro atoms. The Morgan fingerprint density at radius 2 is 1.56 bits per heavy atom. The van der Waals surface area contributed by atoms with Crippen LogP contribution in [0.3, 0.4) is 0 Å². The maximum absolute atomic E-state index is 10.5. The zero-order chi connectivity index (χ0) is 12.5. The van der Waals surface area contributed by atoms with Gasteiger partial charge in [-0.1, -0.05) is 0 Å². The van der Waals surface area contributed by atoms with Crippen LogP contribution in [0.4, 0.5) is 0 Å². The smallest absolute Gasteiger partial charge is 0.394 e. The third-order valence-corrected chi connectivity index (χ3v) is 2.57. The summed E-state index contributed by atoms with van der Waals surface area (Å²) in [5, 5.41) is 36.6. The fourth-order valence-corrected chi connectivity index (χ4v) is 1.73. The van der Waals surface area contributed by atoms with Crippen molar-refractivity contribution >= 4 is 111 Å². The van der Waals surface area contributed by atoms with Gasteiger partial charge in [-0.25, -0.2) is 4.57 Å². The molecule has 18 heavy (non-hydrogen) atoms. The number of aliphatic hydroxyl groups excluding tert-OH is 4. The third kappa shape index (κ3) is 6.96. The average molecular weight is 338 g/mol. The molecule has 0 aromatic heterocycles. The molecule has 98 valence electrons. The first-order valence-corrected chi connectivity index (χ1v) is 5.83. The SMILES string of the molecule is O=P(O)(O)O[C@H]1O[C@H](CO)[C@H](O)[C@H](O)[C@H]1O.[K].[K]. The van der Waals surface area contributed by atoms with Crippen molar-refractivity contribution in [2.75, 3.05) is 6.61 Å². The van der Waals surface area contributed by atoms with E-state index in [2.05, 4.69) is 9.26 Å². The van der Waals surface area contributed by atoms with Crippen molar-refractivity contribution in [2.24, 2.45) is 0 Å². The molecular weight excluding hydrogens is 325 g/mol. The largest absolute Gasteiger partial charge is 0.472 e. The van der Waals surface area contributed by atoms with Gasteiger partial charge in [0.05, 0.1) is 6.61 Å². The fourth-order valence-electron chi connectivity index (χ4n) is 1.29. The summed E-state index contributed by atoms with van der Waals surface area (Å²) in [6, 6.07) is 0. The molecule has 1 heterocycles. The summed E-state index contributed by atoms with van der Waals surface area (Å²) >= 11 is 0. The normalized spacial score (nSPS) is 36.4. The van der Waals surface area contributed by atoms with E-state index < -0.39 is 45.1 Å². The Kier molecular flexibility index (Phi) is 13.1. The number of rotatable bonds is 3. The summed E-state index contributed by atoms with van der Waals surface area (Å²) in [5.41, 5.74) is 0. The van der Waals surface area contributed by atoms with Crippen LogP contribution in [0.2, 0.25) is 0 Å². The Morgan fingerprint density at radius 3 is 1.94 bits per heavy atom. The van der Waals surface area contributed by atoms with E-state index in [1.807, 2.05) is 0 Å². The van der Waals surface area contributed by atoms with Crippen molar-refractivity contribution < 1.29 is 44.0 Å².